The van der Waals surface area contributed by atoms with Gasteiger partial charge in [-0.2, -0.15) is 0 Å². The first-order valence-corrected chi connectivity index (χ1v) is 5.75. The predicted molar refractivity (Wildman–Crippen MR) is 63.5 cm³/mol. The Morgan fingerprint density at radius 1 is 1.64 bits per heavy atom. The molecule has 0 bridgehead atoms. The van der Waals surface area contributed by atoms with Crippen LogP contribution in [0.3, 0.4) is 0 Å². The van der Waals surface area contributed by atoms with Crippen molar-refractivity contribution in [3.63, 3.8) is 0 Å². The van der Waals surface area contributed by atoms with Crippen LogP contribution < -0.4 is 5.73 Å². The van der Waals surface area contributed by atoms with Gasteiger partial charge in [0.15, 0.2) is 0 Å². The molecule has 0 unspecified atom stereocenters. The van der Waals surface area contributed by atoms with Crippen molar-refractivity contribution in [2.45, 2.75) is 13.5 Å². The van der Waals surface area contributed by atoms with E-state index >= 15 is 0 Å². The van der Waals surface area contributed by atoms with Gasteiger partial charge in [-0.25, -0.2) is 0 Å². The molecule has 0 amide bonds. The predicted octanol–water partition coefficient (Wildman–Crippen LogP) is 2.08. The standard InChI is InChI=1S/C11H18N2S/c1-3-13(8-10(2)7-12)9-11-5-4-6-14-11/h4-6H,2-3,7-9,12H2,1H3. The first-order chi connectivity index (χ1) is 6.76. The minimum absolute atomic E-state index is 0.584. The molecule has 0 aliphatic heterocycles. The molecule has 2 N–H and O–H groups in total. The highest BCUT2D eigenvalue weighted by Crippen LogP contribution is 2.12. The molecule has 0 aliphatic carbocycles. The first kappa shape index (κ1) is 11.4. The highest BCUT2D eigenvalue weighted by atomic mass is 32.1. The van der Waals surface area contributed by atoms with Gasteiger partial charge in [0.1, 0.15) is 0 Å². The van der Waals surface area contributed by atoms with Gasteiger partial charge in [-0.3, -0.25) is 4.90 Å². The second-order valence-corrected chi connectivity index (χ2v) is 4.37. The Bertz CT molecular complexity index is 267. The quantitative estimate of drug-likeness (QED) is 0.728. The van der Waals surface area contributed by atoms with Crippen molar-refractivity contribution in [1.82, 2.24) is 4.90 Å². The van der Waals surface area contributed by atoms with Crippen LogP contribution >= 0.6 is 11.3 Å². The summed E-state index contributed by atoms with van der Waals surface area (Å²) in [4.78, 5) is 3.75. The normalized spacial score (nSPS) is 10.8. The molecular weight excluding hydrogens is 192 g/mol. The summed E-state index contributed by atoms with van der Waals surface area (Å²) in [5, 5.41) is 2.11. The molecule has 0 aliphatic rings. The van der Waals surface area contributed by atoms with Crippen LogP contribution in [0, 0.1) is 0 Å². The molecule has 0 aromatic carbocycles. The Labute approximate surface area is 90.0 Å². The van der Waals surface area contributed by atoms with Crippen LogP contribution in [0.25, 0.3) is 0 Å². The van der Waals surface area contributed by atoms with Gasteiger partial charge in [-0.1, -0.05) is 19.6 Å². The van der Waals surface area contributed by atoms with E-state index in [-0.39, 0.29) is 0 Å². The Morgan fingerprint density at radius 2 is 2.43 bits per heavy atom. The monoisotopic (exact) mass is 210 g/mol. The molecular formula is C11H18N2S. The molecule has 0 atom stereocenters. The van der Waals surface area contributed by atoms with Gasteiger partial charge in [0, 0.05) is 24.5 Å². The SMILES string of the molecule is C=C(CN)CN(CC)Cc1cccs1. The zero-order valence-electron chi connectivity index (χ0n) is 8.70. The molecule has 0 fully saturated rings. The van der Waals surface area contributed by atoms with Gasteiger partial charge in [0.25, 0.3) is 0 Å². The molecule has 14 heavy (non-hydrogen) atoms. The van der Waals surface area contributed by atoms with Crippen molar-refractivity contribution in [2.24, 2.45) is 5.73 Å². The lowest BCUT2D eigenvalue weighted by molar-refractivity contribution is 0.306. The number of hydrogen-bond acceptors (Lipinski definition) is 3. The van der Waals surface area contributed by atoms with E-state index in [1.54, 1.807) is 11.3 Å². The van der Waals surface area contributed by atoms with Gasteiger partial charge >= 0.3 is 0 Å². The highest BCUT2D eigenvalue weighted by Gasteiger charge is 2.05. The van der Waals surface area contributed by atoms with Crippen LogP contribution in [0.15, 0.2) is 29.7 Å². The fraction of sp³-hybridized carbons (Fsp3) is 0.455. The molecule has 1 aromatic rings. The first-order valence-electron chi connectivity index (χ1n) is 4.87. The smallest absolute Gasteiger partial charge is 0.0331 e. The molecule has 1 aromatic heterocycles. The maximum absolute atomic E-state index is 5.52. The summed E-state index contributed by atoms with van der Waals surface area (Å²) in [7, 11) is 0. The number of likely N-dealkylation sites (N-methyl/N-ethyl adjacent to an activating group) is 1. The lowest BCUT2D eigenvalue weighted by Gasteiger charge is -2.20. The summed E-state index contributed by atoms with van der Waals surface area (Å²) >= 11 is 1.80. The van der Waals surface area contributed by atoms with Crippen molar-refractivity contribution in [3.05, 3.63) is 34.5 Å². The lowest BCUT2D eigenvalue weighted by atomic mass is 10.2. The van der Waals surface area contributed by atoms with E-state index in [1.165, 1.54) is 4.88 Å². The second kappa shape index (κ2) is 5.96. The van der Waals surface area contributed by atoms with E-state index in [1.807, 2.05) is 0 Å². The average molecular weight is 210 g/mol. The number of rotatable bonds is 6. The van der Waals surface area contributed by atoms with Crippen LogP contribution in [0.2, 0.25) is 0 Å². The molecule has 1 rings (SSSR count). The third-order valence-electron chi connectivity index (χ3n) is 2.14. The third kappa shape index (κ3) is 3.62. The summed E-state index contributed by atoms with van der Waals surface area (Å²) in [6.45, 7) is 9.63. The number of nitrogens with zero attached hydrogens (tertiary/aromatic N) is 1. The molecule has 0 spiro atoms. The summed E-state index contributed by atoms with van der Waals surface area (Å²) in [5.41, 5.74) is 6.63. The summed E-state index contributed by atoms with van der Waals surface area (Å²) in [6.07, 6.45) is 0. The van der Waals surface area contributed by atoms with Crippen LogP contribution in [0.5, 0.6) is 0 Å². The fourth-order valence-corrected chi connectivity index (χ4v) is 2.03. The zero-order valence-corrected chi connectivity index (χ0v) is 9.52. The van der Waals surface area contributed by atoms with Gasteiger partial charge in [0.05, 0.1) is 0 Å². The highest BCUT2D eigenvalue weighted by molar-refractivity contribution is 7.09. The maximum Gasteiger partial charge on any atom is 0.0331 e. The van der Waals surface area contributed by atoms with Crippen LogP contribution in [-0.2, 0) is 6.54 Å². The van der Waals surface area contributed by atoms with Gasteiger partial charge in [0.2, 0.25) is 0 Å². The van der Waals surface area contributed by atoms with E-state index in [4.69, 9.17) is 5.73 Å². The van der Waals surface area contributed by atoms with Crippen molar-refractivity contribution in [2.75, 3.05) is 19.6 Å². The third-order valence-corrected chi connectivity index (χ3v) is 3.00. The average Bonchev–Trinajstić information content (AvgIpc) is 2.69. The largest absolute Gasteiger partial charge is 0.327 e. The Kier molecular flexibility index (Phi) is 4.87. The van der Waals surface area contributed by atoms with Crippen molar-refractivity contribution in [3.8, 4) is 0 Å². The minimum Gasteiger partial charge on any atom is -0.327 e. The summed E-state index contributed by atoms with van der Waals surface area (Å²) in [5.74, 6) is 0. The molecule has 1 heterocycles. The Hall–Kier alpha value is -0.640. The van der Waals surface area contributed by atoms with Gasteiger partial charge < -0.3 is 5.73 Å². The van der Waals surface area contributed by atoms with Crippen molar-refractivity contribution < 1.29 is 0 Å². The minimum atomic E-state index is 0.584. The van der Waals surface area contributed by atoms with Crippen LogP contribution in [-0.4, -0.2) is 24.5 Å². The van der Waals surface area contributed by atoms with Crippen molar-refractivity contribution in [1.29, 1.82) is 0 Å². The van der Waals surface area contributed by atoms with E-state index in [0.29, 0.717) is 6.54 Å². The maximum atomic E-state index is 5.52. The topological polar surface area (TPSA) is 29.3 Å². The van der Waals surface area contributed by atoms with Crippen LogP contribution in [0.1, 0.15) is 11.8 Å². The molecule has 0 saturated heterocycles. The molecule has 78 valence electrons. The van der Waals surface area contributed by atoms with Crippen LogP contribution in [0.4, 0.5) is 0 Å². The second-order valence-electron chi connectivity index (χ2n) is 3.34. The Morgan fingerprint density at radius 3 is 2.93 bits per heavy atom. The van der Waals surface area contributed by atoms with E-state index in [9.17, 15) is 0 Å². The van der Waals surface area contributed by atoms with Crippen molar-refractivity contribution >= 4 is 11.3 Å². The number of thiophene rings is 1. The van der Waals surface area contributed by atoms with Gasteiger partial charge in [-0.15, -0.1) is 11.3 Å². The molecule has 0 radical (unpaired) electrons. The number of nitrogens with two attached hydrogens (primary N) is 1. The Balaban J connectivity index is 2.43. The summed E-state index contributed by atoms with van der Waals surface area (Å²) < 4.78 is 0. The fourth-order valence-electron chi connectivity index (χ4n) is 1.28. The molecule has 0 saturated carbocycles. The van der Waals surface area contributed by atoms with E-state index in [0.717, 1.165) is 25.2 Å². The van der Waals surface area contributed by atoms with E-state index in [2.05, 4.69) is 35.9 Å². The molecule has 3 heteroatoms. The zero-order chi connectivity index (χ0) is 10.4. The lowest BCUT2D eigenvalue weighted by Crippen LogP contribution is -2.26. The molecule has 2 nitrogen and oxygen atoms in total. The van der Waals surface area contributed by atoms with Gasteiger partial charge in [-0.05, 0) is 23.6 Å². The number of hydrogen-bond donors (Lipinski definition) is 1. The van der Waals surface area contributed by atoms with E-state index < -0.39 is 0 Å². The summed E-state index contributed by atoms with van der Waals surface area (Å²) in [6, 6.07) is 4.25.